The normalized spacial score (nSPS) is 22.2. The van der Waals surface area contributed by atoms with Gasteiger partial charge < -0.3 is 9.80 Å². The summed E-state index contributed by atoms with van der Waals surface area (Å²) in [5.41, 5.74) is 1.91. The summed E-state index contributed by atoms with van der Waals surface area (Å²) < 4.78 is 0. The summed E-state index contributed by atoms with van der Waals surface area (Å²) in [4.78, 5) is 7.45. The SMILES string of the molecule is CN1CCN(C2CCN(c3ccccc3C#N)CC2)CC1. The average molecular weight is 284 g/mol. The van der Waals surface area contributed by atoms with Crippen molar-refractivity contribution in [3.05, 3.63) is 29.8 Å². The van der Waals surface area contributed by atoms with Gasteiger partial charge in [-0.2, -0.15) is 5.26 Å². The highest BCUT2D eigenvalue weighted by Crippen LogP contribution is 2.25. The molecule has 1 aromatic carbocycles. The Morgan fingerprint density at radius 1 is 1.00 bits per heavy atom. The molecule has 2 heterocycles. The molecule has 0 N–H and O–H groups in total. The predicted octanol–water partition coefficient (Wildman–Crippen LogP) is 1.77. The quantitative estimate of drug-likeness (QED) is 0.829. The first-order valence-electron chi connectivity index (χ1n) is 7.94. The first-order chi connectivity index (χ1) is 10.3. The number of likely N-dealkylation sites (N-methyl/N-ethyl adjacent to an activating group) is 1. The number of piperazine rings is 1. The van der Waals surface area contributed by atoms with Crippen molar-refractivity contribution in [2.45, 2.75) is 18.9 Å². The smallest absolute Gasteiger partial charge is 0.101 e. The van der Waals surface area contributed by atoms with Crippen LogP contribution in [0.5, 0.6) is 0 Å². The van der Waals surface area contributed by atoms with E-state index in [1.54, 1.807) is 0 Å². The first kappa shape index (κ1) is 14.4. The molecular formula is C17H24N4. The number of nitriles is 1. The minimum absolute atomic E-state index is 0.726. The number of piperidine rings is 1. The highest BCUT2D eigenvalue weighted by atomic mass is 15.3. The van der Waals surface area contributed by atoms with E-state index in [4.69, 9.17) is 0 Å². The number of benzene rings is 1. The Balaban J connectivity index is 1.59. The second-order valence-electron chi connectivity index (χ2n) is 6.19. The second kappa shape index (κ2) is 6.46. The van der Waals surface area contributed by atoms with Gasteiger partial charge in [-0.1, -0.05) is 12.1 Å². The van der Waals surface area contributed by atoms with E-state index in [-0.39, 0.29) is 0 Å². The molecule has 1 aromatic rings. The van der Waals surface area contributed by atoms with Crippen molar-refractivity contribution in [2.24, 2.45) is 0 Å². The summed E-state index contributed by atoms with van der Waals surface area (Å²) in [5, 5.41) is 9.24. The maximum Gasteiger partial charge on any atom is 0.101 e. The van der Waals surface area contributed by atoms with Crippen LogP contribution in [0.3, 0.4) is 0 Å². The molecular weight excluding hydrogens is 260 g/mol. The highest BCUT2D eigenvalue weighted by molar-refractivity contribution is 5.59. The second-order valence-corrected chi connectivity index (χ2v) is 6.19. The molecule has 0 saturated carbocycles. The summed E-state index contributed by atoms with van der Waals surface area (Å²) in [6.45, 7) is 6.92. The molecule has 3 rings (SSSR count). The minimum atomic E-state index is 0.726. The van der Waals surface area contributed by atoms with E-state index in [9.17, 15) is 5.26 Å². The van der Waals surface area contributed by atoms with Gasteiger partial charge in [0.15, 0.2) is 0 Å². The van der Waals surface area contributed by atoms with Gasteiger partial charge in [-0.05, 0) is 32.0 Å². The Hall–Kier alpha value is -1.57. The molecule has 4 heteroatoms. The van der Waals surface area contributed by atoms with Gasteiger partial charge >= 0.3 is 0 Å². The van der Waals surface area contributed by atoms with Crippen molar-refractivity contribution in [1.82, 2.24) is 9.80 Å². The molecule has 2 fully saturated rings. The van der Waals surface area contributed by atoms with Crippen molar-refractivity contribution in [1.29, 1.82) is 5.26 Å². The van der Waals surface area contributed by atoms with Crippen LogP contribution in [0.15, 0.2) is 24.3 Å². The molecule has 0 radical (unpaired) electrons. The third kappa shape index (κ3) is 3.20. The van der Waals surface area contributed by atoms with Crippen LogP contribution in [0.25, 0.3) is 0 Å². The molecule has 0 aliphatic carbocycles. The van der Waals surface area contributed by atoms with E-state index >= 15 is 0 Å². The van der Waals surface area contributed by atoms with Crippen LogP contribution < -0.4 is 4.90 Å². The summed E-state index contributed by atoms with van der Waals surface area (Å²) in [6.07, 6.45) is 2.42. The van der Waals surface area contributed by atoms with E-state index in [1.807, 2.05) is 18.2 Å². The van der Waals surface area contributed by atoms with E-state index in [1.165, 1.54) is 39.0 Å². The summed E-state index contributed by atoms with van der Waals surface area (Å²) >= 11 is 0. The molecule has 0 atom stereocenters. The van der Waals surface area contributed by atoms with Gasteiger partial charge in [-0.15, -0.1) is 0 Å². The first-order valence-corrected chi connectivity index (χ1v) is 7.94. The van der Waals surface area contributed by atoms with Gasteiger partial charge in [0, 0.05) is 45.3 Å². The lowest BCUT2D eigenvalue weighted by Crippen LogP contribution is -2.52. The van der Waals surface area contributed by atoms with Crippen molar-refractivity contribution >= 4 is 5.69 Å². The minimum Gasteiger partial charge on any atom is -0.370 e. The average Bonchev–Trinajstić information content (AvgIpc) is 2.56. The Bertz CT molecular complexity index is 506. The Labute approximate surface area is 127 Å². The van der Waals surface area contributed by atoms with Crippen molar-refractivity contribution in [3.8, 4) is 6.07 Å². The number of anilines is 1. The number of para-hydroxylation sites is 1. The summed E-state index contributed by atoms with van der Waals surface area (Å²) in [5.74, 6) is 0. The molecule has 112 valence electrons. The monoisotopic (exact) mass is 284 g/mol. The van der Waals surface area contributed by atoms with E-state index in [0.29, 0.717) is 0 Å². The van der Waals surface area contributed by atoms with Crippen molar-refractivity contribution in [3.63, 3.8) is 0 Å². The van der Waals surface area contributed by atoms with Crippen LogP contribution in [-0.2, 0) is 0 Å². The van der Waals surface area contributed by atoms with E-state index < -0.39 is 0 Å². The van der Waals surface area contributed by atoms with Crippen molar-refractivity contribution < 1.29 is 0 Å². The van der Waals surface area contributed by atoms with E-state index in [2.05, 4.69) is 33.9 Å². The van der Waals surface area contributed by atoms with Gasteiger partial charge in [-0.3, -0.25) is 4.90 Å². The molecule has 0 spiro atoms. The van der Waals surface area contributed by atoms with Crippen LogP contribution in [-0.4, -0.2) is 62.2 Å². The molecule has 21 heavy (non-hydrogen) atoms. The topological polar surface area (TPSA) is 33.5 Å². The van der Waals surface area contributed by atoms with Gasteiger partial charge in [-0.25, -0.2) is 0 Å². The summed E-state index contributed by atoms with van der Waals surface area (Å²) in [7, 11) is 2.21. The lowest BCUT2D eigenvalue weighted by Gasteiger charge is -2.42. The highest BCUT2D eigenvalue weighted by Gasteiger charge is 2.27. The van der Waals surface area contributed by atoms with Crippen LogP contribution in [0.1, 0.15) is 18.4 Å². The van der Waals surface area contributed by atoms with Gasteiger partial charge in [0.05, 0.1) is 11.3 Å². The maximum absolute atomic E-state index is 9.24. The number of nitrogens with zero attached hydrogens (tertiary/aromatic N) is 4. The zero-order valence-electron chi connectivity index (χ0n) is 12.8. The van der Waals surface area contributed by atoms with Crippen LogP contribution in [0.2, 0.25) is 0 Å². The van der Waals surface area contributed by atoms with Gasteiger partial charge in [0.2, 0.25) is 0 Å². The third-order valence-electron chi connectivity index (χ3n) is 4.88. The fourth-order valence-electron chi connectivity index (χ4n) is 3.50. The third-order valence-corrected chi connectivity index (χ3v) is 4.88. The van der Waals surface area contributed by atoms with Gasteiger partial charge in [0.25, 0.3) is 0 Å². The molecule has 4 nitrogen and oxygen atoms in total. The molecule has 0 aromatic heterocycles. The lowest BCUT2D eigenvalue weighted by molar-refractivity contribution is 0.0982. The Morgan fingerprint density at radius 2 is 1.67 bits per heavy atom. The zero-order chi connectivity index (χ0) is 14.7. The fourth-order valence-corrected chi connectivity index (χ4v) is 3.50. The Kier molecular flexibility index (Phi) is 4.42. The number of rotatable bonds is 2. The van der Waals surface area contributed by atoms with Crippen LogP contribution in [0, 0.1) is 11.3 Å². The predicted molar refractivity (Wildman–Crippen MR) is 85.5 cm³/mol. The fraction of sp³-hybridized carbons (Fsp3) is 0.588. The number of hydrogen-bond acceptors (Lipinski definition) is 4. The Morgan fingerprint density at radius 3 is 2.33 bits per heavy atom. The largest absolute Gasteiger partial charge is 0.370 e. The molecule has 2 aliphatic heterocycles. The van der Waals surface area contributed by atoms with Gasteiger partial charge in [0.1, 0.15) is 6.07 Å². The summed E-state index contributed by atoms with van der Waals surface area (Å²) in [6, 6.07) is 11.0. The van der Waals surface area contributed by atoms with Crippen molar-refractivity contribution in [2.75, 3.05) is 51.2 Å². The molecule has 0 bridgehead atoms. The van der Waals surface area contributed by atoms with Crippen LogP contribution >= 0.6 is 0 Å². The molecule has 2 saturated heterocycles. The maximum atomic E-state index is 9.24. The lowest BCUT2D eigenvalue weighted by atomic mass is 10.0. The standard InChI is InChI=1S/C17H24N4/c1-19-10-12-20(13-11-19)16-6-8-21(9-7-16)17-5-3-2-4-15(17)14-18/h2-5,16H,6-13H2,1H3. The molecule has 0 amide bonds. The van der Waals surface area contributed by atoms with E-state index in [0.717, 1.165) is 30.4 Å². The number of hydrogen-bond donors (Lipinski definition) is 0. The molecule has 2 aliphatic rings. The zero-order valence-corrected chi connectivity index (χ0v) is 12.8. The molecule has 0 unspecified atom stereocenters. The van der Waals surface area contributed by atoms with Crippen LogP contribution in [0.4, 0.5) is 5.69 Å².